The first kappa shape index (κ1) is 17.3. The van der Waals surface area contributed by atoms with Gasteiger partial charge in [-0.15, -0.1) is 0 Å². The van der Waals surface area contributed by atoms with Gasteiger partial charge in [-0.3, -0.25) is 4.72 Å². The third-order valence-corrected chi connectivity index (χ3v) is 4.65. The molecule has 0 spiro atoms. The predicted octanol–water partition coefficient (Wildman–Crippen LogP) is 3.52. The molecule has 0 radical (unpaired) electrons. The number of rotatable bonds is 7. The summed E-state index contributed by atoms with van der Waals surface area (Å²) in [4.78, 5) is 0. The van der Waals surface area contributed by atoms with Gasteiger partial charge in [-0.25, -0.2) is 12.8 Å². The Bertz CT molecular complexity index is 758. The number of halogens is 1. The van der Waals surface area contributed by atoms with Crippen molar-refractivity contribution in [2.75, 3.05) is 17.1 Å². The number of aryl methyl sites for hydroxylation is 2. The summed E-state index contributed by atoms with van der Waals surface area (Å²) >= 11 is 0. The third-order valence-electron chi connectivity index (χ3n) is 3.40. The van der Waals surface area contributed by atoms with Gasteiger partial charge in [0.2, 0.25) is 10.0 Å². The highest BCUT2D eigenvalue weighted by Crippen LogP contribution is 2.16. The Kier molecular flexibility index (Phi) is 5.60. The van der Waals surface area contributed by atoms with Gasteiger partial charge in [0.25, 0.3) is 0 Å². The van der Waals surface area contributed by atoms with Crippen molar-refractivity contribution >= 4 is 15.7 Å². The van der Waals surface area contributed by atoms with Gasteiger partial charge in [0.1, 0.15) is 23.9 Å². The molecule has 2 aromatic rings. The Morgan fingerprint density at radius 3 is 2.43 bits per heavy atom. The molecule has 0 amide bonds. The van der Waals surface area contributed by atoms with E-state index in [9.17, 15) is 12.8 Å². The van der Waals surface area contributed by atoms with Crippen LogP contribution in [0.25, 0.3) is 0 Å². The molecule has 0 aliphatic heterocycles. The van der Waals surface area contributed by atoms with Crippen LogP contribution in [-0.4, -0.2) is 20.8 Å². The monoisotopic (exact) mass is 337 g/mol. The summed E-state index contributed by atoms with van der Waals surface area (Å²) in [5.74, 6) is -0.0332. The van der Waals surface area contributed by atoms with Gasteiger partial charge < -0.3 is 4.74 Å². The van der Waals surface area contributed by atoms with Crippen LogP contribution >= 0.6 is 0 Å². The van der Waals surface area contributed by atoms with Crippen LogP contribution in [0.2, 0.25) is 0 Å². The van der Waals surface area contributed by atoms with Crippen molar-refractivity contribution in [3.63, 3.8) is 0 Å². The van der Waals surface area contributed by atoms with Crippen LogP contribution in [0.4, 0.5) is 10.1 Å². The molecule has 0 atom stereocenters. The lowest BCUT2D eigenvalue weighted by Gasteiger charge is -2.10. The lowest BCUT2D eigenvalue weighted by molar-refractivity contribution is 0.341. The van der Waals surface area contributed by atoms with Gasteiger partial charge in [0.05, 0.1) is 5.69 Å². The summed E-state index contributed by atoms with van der Waals surface area (Å²) in [7, 11) is -3.59. The molecule has 0 aromatic heterocycles. The molecule has 2 aromatic carbocycles. The van der Waals surface area contributed by atoms with Crippen molar-refractivity contribution in [1.82, 2.24) is 0 Å². The Morgan fingerprint density at radius 1 is 1.13 bits per heavy atom. The molecule has 4 nitrogen and oxygen atoms in total. The standard InChI is InChI=1S/C17H20FNO3S/c1-3-14-5-8-16(9-6-14)22-10-11-23(20,21)19-15-7-4-13(2)17(18)12-15/h4-9,12,19H,3,10-11H2,1-2H3. The quantitative estimate of drug-likeness (QED) is 0.841. The number of benzene rings is 2. The van der Waals surface area contributed by atoms with E-state index in [2.05, 4.69) is 11.6 Å². The van der Waals surface area contributed by atoms with Crippen molar-refractivity contribution in [2.45, 2.75) is 20.3 Å². The molecule has 0 aliphatic rings. The number of hydrogen-bond donors (Lipinski definition) is 1. The second-order valence-electron chi connectivity index (χ2n) is 5.23. The molecule has 1 N–H and O–H groups in total. The fourth-order valence-electron chi connectivity index (χ4n) is 1.98. The Hall–Kier alpha value is -2.08. The molecule has 0 bridgehead atoms. The summed E-state index contributed by atoms with van der Waals surface area (Å²) in [5.41, 5.74) is 1.86. The highest BCUT2D eigenvalue weighted by Gasteiger charge is 2.12. The molecule has 6 heteroatoms. The van der Waals surface area contributed by atoms with Crippen molar-refractivity contribution < 1.29 is 17.5 Å². The number of anilines is 1. The first-order valence-corrected chi connectivity index (χ1v) is 9.03. The first-order chi connectivity index (χ1) is 10.9. The van der Waals surface area contributed by atoms with E-state index in [1.165, 1.54) is 17.7 Å². The zero-order valence-corrected chi connectivity index (χ0v) is 14.0. The molecule has 0 aliphatic carbocycles. The number of ether oxygens (including phenoxy) is 1. The predicted molar refractivity (Wildman–Crippen MR) is 89.9 cm³/mol. The Morgan fingerprint density at radius 2 is 1.83 bits per heavy atom. The molecular weight excluding hydrogens is 317 g/mol. The van der Waals surface area contributed by atoms with Gasteiger partial charge in [-0.1, -0.05) is 25.1 Å². The first-order valence-electron chi connectivity index (χ1n) is 7.38. The van der Waals surface area contributed by atoms with Gasteiger partial charge in [-0.05, 0) is 48.7 Å². The van der Waals surface area contributed by atoms with Crippen molar-refractivity contribution in [1.29, 1.82) is 0 Å². The van der Waals surface area contributed by atoms with Crippen molar-refractivity contribution in [2.24, 2.45) is 0 Å². The van der Waals surface area contributed by atoms with E-state index in [4.69, 9.17) is 4.74 Å². The summed E-state index contributed by atoms with van der Waals surface area (Å²) < 4.78 is 45.1. The molecule has 124 valence electrons. The van der Waals surface area contributed by atoms with E-state index >= 15 is 0 Å². The average molecular weight is 337 g/mol. The fraction of sp³-hybridized carbons (Fsp3) is 0.294. The van der Waals surface area contributed by atoms with Gasteiger partial charge >= 0.3 is 0 Å². The highest BCUT2D eigenvalue weighted by molar-refractivity contribution is 7.92. The fourth-order valence-corrected chi connectivity index (χ4v) is 2.87. The smallest absolute Gasteiger partial charge is 0.236 e. The lowest BCUT2D eigenvalue weighted by atomic mass is 10.2. The van der Waals surface area contributed by atoms with Crippen LogP contribution in [0, 0.1) is 12.7 Å². The molecule has 0 saturated carbocycles. The molecule has 2 rings (SSSR count). The Labute approximate surface area is 136 Å². The van der Waals surface area contributed by atoms with E-state index in [-0.39, 0.29) is 18.0 Å². The number of hydrogen-bond acceptors (Lipinski definition) is 3. The van der Waals surface area contributed by atoms with Gasteiger partial charge in [0, 0.05) is 0 Å². The maximum Gasteiger partial charge on any atom is 0.236 e. The molecule has 0 saturated heterocycles. The van der Waals surface area contributed by atoms with Crippen LogP contribution in [0.3, 0.4) is 0 Å². The number of nitrogens with one attached hydrogen (secondary N) is 1. The highest BCUT2D eigenvalue weighted by atomic mass is 32.2. The minimum Gasteiger partial charge on any atom is -0.492 e. The zero-order chi connectivity index (χ0) is 16.9. The zero-order valence-electron chi connectivity index (χ0n) is 13.2. The summed E-state index contributed by atoms with van der Waals surface area (Å²) in [6.07, 6.45) is 0.936. The Balaban J connectivity index is 1.89. The molecule has 0 fully saturated rings. The minimum atomic E-state index is -3.59. The van der Waals surface area contributed by atoms with E-state index in [1.807, 2.05) is 24.3 Å². The maximum absolute atomic E-state index is 13.4. The van der Waals surface area contributed by atoms with E-state index < -0.39 is 15.8 Å². The van der Waals surface area contributed by atoms with Gasteiger partial charge in [0.15, 0.2) is 0 Å². The lowest BCUT2D eigenvalue weighted by Crippen LogP contribution is -2.21. The minimum absolute atomic E-state index is 0.0230. The van der Waals surface area contributed by atoms with E-state index in [1.54, 1.807) is 6.92 Å². The number of sulfonamides is 1. The second-order valence-corrected chi connectivity index (χ2v) is 7.07. The van der Waals surface area contributed by atoms with Crippen molar-refractivity contribution in [3.8, 4) is 5.75 Å². The summed E-state index contributed by atoms with van der Waals surface area (Å²) in [6.45, 7) is 3.70. The van der Waals surface area contributed by atoms with E-state index in [0.717, 1.165) is 12.5 Å². The van der Waals surface area contributed by atoms with Crippen LogP contribution in [-0.2, 0) is 16.4 Å². The SMILES string of the molecule is CCc1ccc(OCCS(=O)(=O)Nc2ccc(C)c(F)c2)cc1. The largest absolute Gasteiger partial charge is 0.492 e. The van der Waals surface area contributed by atoms with Crippen LogP contribution < -0.4 is 9.46 Å². The molecule has 23 heavy (non-hydrogen) atoms. The average Bonchev–Trinajstić information content (AvgIpc) is 2.51. The normalized spacial score (nSPS) is 11.3. The van der Waals surface area contributed by atoms with Crippen LogP contribution in [0.15, 0.2) is 42.5 Å². The second kappa shape index (κ2) is 7.46. The molecular formula is C17H20FNO3S. The van der Waals surface area contributed by atoms with Crippen LogP contribution in [0.5, 0.6) is 5.75 Å². The maximum atomic E-state index is 13.4. The summed E-state index contributed by atoms with van der Waals surface area (Å²) in [5, 5.41) is 0. The van der Waals surface area contributed by atoms with Crippen molar-refractivity contribution in [3.05, 3.63) is 59.4 Å². The molecule has 0 heterocycles. The third kappa shape index (κ3) is 5.25. The molecule has 0 unspecified atom stereocenters. The topological polar surface area (TPSA) is 55.4 Å². The van der Waals surface area contributed by atoms with Crippen LogP contribution in [0.1, 0.15) is 18.1 Å². The van der Waals surface area contributed by atoms with E-state index in [0.29, 0.717) is 11.3 Å². The van der Waals surface area contributed by atoms with Gasteiger partial charge in [-0.2, -0.15) is 0 Å². The summed E-state index contributed by atoms with van der Waals surface area (Å²) in [6, 6.07) is 11.7.